The maximum Gasteiger partial charge on any atom is 0.573 e. The first kappa shape index (κ1) is 22.0. The Morgan fingerprint density at radius 2 is 1.72 bits per heavy atom. The second-order valence-electron chi connectivity index (χ2n) is 8.24. The molecule has 0 atom stereocenters. The zero-order valence-corrected chi connectivity index (χ0v) is 18.5. The summed E-state index contributed by atoms with van der Waals surface area (Å²) in [5.41, 5.74) is 6.51. The van der Waals surface area contributed by atoms with Crippen LogP contribution in [0, 0.1) is 5.82 Å². The summed E-state index contributed by atoms with van der Waals surface area (Å²) in [5.74, 6) is -0.640. The molecule has 1 aliphatic carbocycles. The van der Waals surface area contributed by atoms with Gasteiger partial charge >= 0.3 is 6.36 Å². The van der Waals surface area contributed by atoms with Crippen LogP contribution in [0.5, 0.6) is 5.75 Å². The van der Waals surface area contributed by atoms with Crippen molar-refractivity contribution in [2.24, 2.45) is 0 Å². The standard InChI is InChI=1S/C27H16F4N4O/c28-18-5-7-19(8-6-18)35-15-33-22-10-4-16(13-25(22)35)21-9-11-23-26(21)34-24(14-32-23)17-2-1-3-20(12-17)36-27(29,30)31/h1-10,12-15H,11H2. The highest BCUT2D eigenvalue weighted by Gasteiger charge is 2.31. The van der Waals surface area contributed by atoms with E-state index in [0.717, 1.165) is 33.6 Å². The second kappa shape index (κ2) is 8.30. The van der Waals surface area contributed by atoms with Crippen molar-refractivity contribution in [1.29, 1.82) is 0 Å². The van der Waals surface area contributed by atoms with Crippen LogP contribution in [-0.4, -0.2) is 25.9 Å². The fourth-order valence-corrected chi connectivity index (χ4v) is 4.30. The third-order valence-electron chi connectivity index (χ3n) is 5.93. The summed E-state index contributed by atoms with van der Waals surface area (Å²) in [6.07, 6.45) is 1.07. The number of halogens is 4. The lowest BCUT2D eigenvalue weighted by atomic mass is 10.0. The molecule has 2 heterocycles. The Morgan fingerprint density at radius 1 is 0.889 bits per heavy atom. The van der Waals surface area contributed by atoms with Crippen LogP contribution >= 0.6 is 0 Å². The number of rotatable bonds is 4. The van der Waals surface area contributed by atoms with Gasteiger partial charge in [0.1, 0.15) is 17.9 Å². The van der Waals surface area contributed by atoms with E-state index in [1.54, 1.807) is 30.7 Å². The average molecular weight is 488 g/mol. The van der Waals surface area contributed by atoms with E-state index in [1.807, 2.05) is 28.8 Å². The molecule has 6 rings (SSSR count). The van der Waals surface area contributed by atoms with Gasteiger partial charge in [0.05, 0.1) is 34.3 Å². The molecule has 9 heteroatoms. The van der Waals surface area contributed by atoms with Crippen LogP contribution < -0.4 is 4.74 Å². The van der Waals surface area contributed by atoms with Gasteiger partial charge in [0, 0.05) is 23.2 Å². The van der Waals surface area contributed by atoms with Gasteiger partial charge in [-0.1, -0.05) is 24.3 Å². The van der Waals surface area contributed by atoms with E-state index in [4.69, 9.17) is 4.98 Å². The molecule has 0 N–H and O–H groups in total. The number of aromatic nitrogens is 4. The topological polar surface area (TPSA) is 52.8 Å². The third-order valence-corrected chi connectivity index (χ3v) is 5.93. The van der Waals surface area contributed by atoms with E-state index in [-0.39, 0.29) is 11.6 Å². The molecule has 0 bridgehead atoms. The third kappa shape index (κ3) is 4.08. The highest BCUT2D eigenvalue weighted by molar-refractivity contribution is 5.88. The Labute approximate surface area is 202 Å². The quantitative estimate of drug-likeness (QED) is 0.271. The van der Waals surface area contributed by atoms with Gasteiger partial charge in [0.15, 0.2) is 0 Å². The molecular weight excluding hydrogens is 472 g/mol. The molecular formula is C27H16F4N4O. The number of nitrogens with zero attached hydrogens (tertiary/aromatic N) is 4. The van der Waals surface area contributed by atoms with Crippen LogP contribution in [0.2, 0.25) is 0 Å². The van der Waals surface area contributed by atoms with Crippen LogP contribution in [0.4, 0.5) is 17.6 Å². The van der Waals surface area contributed by atoms with Crippen LogP contribution in [0.3, 0.4) is 0 Å². The number of ether oxygens (including phenoxy) is 1. The van der Waals surface area contributed by atoms with E-state index >= 15 is 0 Å². The van der Waals surface area contributed by atoms with Gasteiger partial charge in [-0.3, -0.25) is 9.55 Å². The summed E-state index contributed by atoms with van der Waals surface area (Å²) < 4.78 is 57.3. The van der Waals surface area contributed by atoms with Gasteiger partial charge in [0.2, 0.25) is 0 Å². The van der Waals surface area contributed by atoms with Crippen LogP contribution in [0.25, 0.3) is 33.6 Å². The summed E-state index contributed by atoms with van der Waals surface area (Å²) in [5, 5.41) is 0. The first-order valence-electron chi connectivity index (χ1n) is 11.0. The minimum Gasteiger partial charge on any atom is -0.406 e. The smallest absolute Gasteiger partial charge is 0.406 e. The predicted molar refractivity (Wildman–Crippen MR) is 126 cm³/mol. The fourth-order valence-electron chi connectivity index (χ4n) is 4.30. The molecule has 5 aromatic rings. The lowest BCUT2D eigenvalue weighted by Crippen LogP contribution is -2.17. The largest absolute Gasteiger partial charge is 0.573 e. The van der Waals surface area contributed by atoms with Crippen molar-refractivity contribution in [1.82, 2.24) is 19.5 Å². The number of fused-ring (bicyclic) bond motifs is 2. The number of hydrogen-bond acceptors (Lipinski definition) is 4. The molecule has 0 aliphatic heterocycles. The minimum absolute atomic E-state index is 0.318. The maximum atomic E-state index is 13.4. The minimum atomic E-state index is -4.78. The Morgan fingerprint density at radius 3 is 2.53 bits per heavy atom. The zero-order valence-electron chi connectivity index (χ0n) is 18.5. The predicted octanol–water partition coefficient (Wildman–Crippen LogP) is 6.51. The molecule has 178 valence electrons. The Bertz CT molecular complexity index is 1640. The normalized spacial score (nSPS) is 13.1. The number of hydrogen-bond donors (Lipinski definition) is 0. The summed E-state index contributed by atoms with van der Waals surface area (Å²) in [6, 6.07) is 17.6. The van der Waals surface area contributed by atoms with Crippen LogP contribution in [-0.2, 0) is 6.42 Å². The van der Waals surface area contributed by atoms with Gasteiger partial charge in [0.25, 0.3) is 0 Å². The van der Waals surface area contributed by atoms with E-state index in [9.17, 15) is 17.6 Å². The zero-order chi connectivity index (χ0) is 24.9. The molecule has 1 aliphatic rings. The summed E-state index contributed by atoms with van der Waals surface area (Å²) >= 11 is 0. The number of benzene rings is 3. The van der Waals surface area contributed by atoms with E-state index < -0.39 is 6.36 Å². The molecule has 3 aromatic carbocycles. The van der Waals surface area contributed by atoms with Crippen LogP contribution in [0.15, 0.2) is 85.3 Å². The lowest BCUT2D eigenvalue weighted by Gasteiger charge is -2.11. The SMILES string of the molecule is Fc1ccc(-n2cnc3ccc(C4=CCc5ncc(-c6cccc(OC(F)(F)F)c6)nc54)cc32)cc1. The molecule has 0 fully saturated rings. The monoisotopic (exact) mass is 488 g/mol. The van der Waals surface area contributed by atoms with Gasteiger partial charge in [-0.05, 0) is 54.1 Å². The van der Waals surface area contributed by atoms with Gasteiger partial charge in [-0.25, -0.2) is 14.4 Å². The Balaban J connectivity index is 1.38. The highest BCUT2D eigenvalue weighted by Crippen LogP contribution is 2.34. The summed E-state index contributed by atoms with van der Waals surface area (Å²) in [7, 11) is 0. The van der Waals surface area contributed by atoms with Gasteiger partial charge in [-0.2, -0.15) is 0 Å². The number of allylic oxidation sites excluding steroid dienone is 1. The molecule has 2 aromatic heterocycles. The van der Waals surface area contributed by atoms with Gasteiger partial charge in [-0.15, -0.1) is 13.2 Å². The molecule has 0 unspecified atom stereocenters. The van der Waals surface area contributed by atoms with E-state index in [2.05, 4.69) is 14.7 Å². The van der Waals surface area contributed by atoms with Crippen molar-refractivity contribution in [3.05, 3.63) is 108 Å². The number of alkyl halides is 3. The van der Waals surface area contributed by atoms with Crippen molar-refractivity contribution in [2.45, 2.75) is 12.8 Å². The van der Waals surface area contributed by atoms with E-state index in [0.29, 0.717) is 23.4 Å². The van der Waals surface area contributed by atoms with Gasteiger partial charge < -0.3 is 4.74 Å². The van der Waals surface area contributed by atoms with E-state index in [1.165, 1.54) is 30.3 Å². The van der Waals surface area contributed by atoms with Crippen molar-refractivity contribution in [3.8, 4) is 22.7 Å². The Kier molecular flexibility index (Phi) is 5.06. The molecule has 0 amide bonds. The fraction of sp³-hybridized carbons (Fsp3) is 0.0741. The Hall–Kier alpha value is -4.53. The molecule has 0 saturated carbocycles. The average Bonchev–Trinajstić information content (AvgIpc) is 3.47. The van der Waals surface area contributed by atoms with Crippen molar-refractivity contribution < 1.29 is 22.3 Å². The van der Waals surface area contributed by atoms with Crippen molar-refractivity contribution in [3.63, 3.8) is 0 Å². The molecule has 36 heavy (non-hydrogen) atoms. The maximum absolute atomic E-state index is 13.4. The number of imidazole rings is 1. The van der Waals surface area contributed by atoms with Crippen molar-refractivity contribution >= 4 is 16.6 Å². The second-order valence-corrected chi connectivity index (χ2v) is 8.24. The summed E-state index contributed by atoms with van der Waals surface area (Å²) in [6.45, 7) is 0. The molecule has 0 radical (unpaired) electrons. The molecule has 0 spiro atoms. The lowest BCUT2D eigenvalue weighted by molar-refractivity contribution is -0.274. The molecule has 0 saturated heterocycles. The molecule has 5 nitrogen and oxygen atoms in total. The first-order chi connectivity index (χ1) is 17.3. The van der Waals surface area contributed by atoms with Crippen molar-refractivity contribution in [2.75, 3.05) is 0 Å². The first-order valence-corrected chi connectivity index (χ1v) is 11.0. The highest BCUT2D eigenvalue weighted by atomic mass is 19.4. The summed E-state index contributed by atoms with van der Waals surface area (Å²) in [4.78, 5) is 13.7. The van der Waals surface area contributed by atoms with Crippen LogP contribution in [0.1, 0.15) is 17.0 Å².